The van der Waals surface area contributed by atoms with Crippen LogP contribution in [0.1, 0.15) is 30.1 Å². The highest BCUT2D eigenvalue weighted by Gasteiger charge is 2.26. The molecule has 6 nitrogen and oxygen atoms in total. The minimum Gasteiger partial charge on any atom is -0.493 e. The molecule has 21 heavy (non-hydrogen) atoms. The quantitative estimate of drug-likeness (QED) is 0.802. The lowest BCUT2D eigenvalue weighted by Crippen LogP contribution is -2.41. The standard InChI is InChI=1S/C14H18FNO5/c1-4-5-9(14(18)19)16-13(17)11-8(15)6-7-10(20-2)12(11)21-3/h6-7,9H,4-5H2,1-3H3,(H,16,17)(H,18,19). The molecule has 1 aromatic rings. The molecule has 0 heterocycles. The summed E-state index contributed by atoms with van der Waals surface area (Å²) in [6.07, 6.45) is 0.809. The Morgan fingerprint density at radius 3 is 2.48 bits per heavy atom. The third-order valence-corrected chi connectivity index (χ3v) is 2.90. The van der Waals surface area contributed by atoms with E-state index in [4.69, 9.17) is 14.6 Å². The lowest BCUT2D eigenvalue weighted by Gasteiger charge is -2.16. The topological polar surface area (TPSA) is 84.9 Å². The van der Waals surface area contributed by atoms with Crippen molar-refractivity contribution in [1.29, 1.82) is 0 Å². The Hall–Kier alpha value is -2.31. The van der Waals surface area contributed by atoms with E-state index in [1.165, 1.54) is 20.3 Å². The Bertz CT molecular complexity index is 532. The number of rotatable bonds is 7. The van der Waals surface area contributed by atoms with Crippen LogP contribution in [0.15, 0.2) is 12.1 Å². The van der Waals surface area contributed by atoms with Gasteiger partial charge in [-0.1, -0.05) is 13.3 Å². The molecule has 0 saturated heterocycles. The summed E-state index contributed by atoms with van der Waals surface area (Å²) in [5.41, 5.74) is -0.376. The molecule has 0 fully saturated rings. The monoisotopic (exact) mass is 299 g/mol. The van der Waals surface area contributed by atoms with Gasteiger partial charge in [-0.2, -0.15) is 0 Å². The zero-order valence-electron chi connectivity index (χ0n) is 12.1. The minimum atomic E-state index is -1.17. The Kier molecular flexibility index (Phi) is 5.95. The molecule has 0 bridgehead atoms. The molecular weight excluding hydrogens is 281 g/mol. The second-order valence-corrected chi connectivity index (χ2v) is 4.31. The van der Waals surface area contributed by atoms with Crippen LogP contribution in [-0.4, -0.2) is 37.2 Å². The number of amides is 1. The SMILES string of the molecule is CCCC(NC(=O)c1c(F)ccc(OC)c1OC)C(=O)O. The second-order valence-electron chi connectivity index (χ2n) is 4.31. The smallest absolute Gasteiger partial charge is 0.326 e. The van der Waals surface area contributed by atoms with Gasteiger partial charge >= 0.3 is 5.97 Å². The molecule has 7 heteroatoms. The zero-order valence-corrected chi connectivity index (χ0v) is 12.1. The number of carboxylic acid groups (broad SMARTS) is 1. The molecule has 0 aliphatic heterocycles. The third kappa shape index (κ3) is 3.84. The first-order valence-electron chi connectivity index (χ1n) is 6.40. The van der Waals surface area contributed by atoms with Crippen molar-refractivity contribution in [3.8, 4) is 11.5 Å². The first kappa shape index (κ1) is 16.7. The molecule has 0 aliphatic carbocycles. The van der Waals surface area contributed by atoms with Gasteiger partial charge in [0.2, 0.25) is 0 Å². The number of carboxylic acids is 1. The van der Waals surface area contributed by atoms with Gasteiger partial charge in [-0.25, -0.2) is 9.18 Å². The van der Waals surface area contributed by atoms with Crippen molar-refractivity contribution in [2.75, 3.05) is 14.2 Å². The Labute approximate surface area is 121 Å². The molecule has 1 atom stereocenters. The lowest BCUT2D eigenvalue weighted by atomic mass is 10.1. The maximum absolute atomic E-state index is 13.9. The zero-order chi connectivity index (χ0) is 16.0. The van der Waals surface area contributed by atoms with Crippen molar-refractivity contribution in [3.05, 3.63) is 23.5 Å². The van der Waals surface area contributed by atoms with Gasteiger partial charge in [0.1, 0.15) is 17.4 Å². The van der Waals surface area contributed by atoms with Crippen LogP contribution in [-0.2, 0) is 4.79 Å². The predicted molar refractivity (Wildman–Crippen MR) is 73.3 cm³/mol. The van der Waals surface area contributed by atoms with Gasteiger partial charge in [0.05, 0.1) is 14.2 Å². The number of aliphatic carboxylic acids is 1. The highest BCUT2D eigenvalue weighted by atomic mass is 19.1. The van der Waals surface area contributed by atoms with Crippen LogP contribution in [0.2, 0.25) is 0 Å². The van der Waals surface area contributed by atoms with Crippen molar-refractivity contribution < 1.29 is 28.6 Å². The maximum Gasteiger partial charge on any atom is 0.326 e. The van der Waals surface area contributed by atoms with Gasteiger partial charge in [0, 0.05) is 0 Å². The van der Waals surface area contributed by atoms with Gasteiger partial charge in [0.15, 0.2) is 11.5 Å². The lowest BCUT2D eigenvalue weighted by molar-refractivity contribution is -0.139. The Morgan fingerprint density at radius 2 is 2.00 bits per heavy atom. The molecule has 1 amide bonds. The van der Waals surface area contributed by atoms with Crippen molar-refractivity contribution in [2.45, 2.75) is 25.8 Å². The van der Waals surface area contributed by atoms with Crippen molar-refractivity contribution >= 4 is 11.9 Å². The molecule has 1 rings (SSSR count). The van der Waals surface area contributed by atoms with E-state index >= 15 is 0 Å². The number of halogens is 1. The second kappa shape index (κ2) is 7.47. The predicted octanol–water partition coefficient (Wildman–Crippen LogP) is 1.83. The van der Waals surface area contributed by atoms with E-state index in [0.29, 0.717) is 6.42 Å². The molecular formula is C14H18FNO5. The molecule has 0 aliphatic rings. The molecule has 116 valence electrons. The van der Waals surface area contributed by atoms with Crippen LogP contribution >= 0.6 is 0 Å². The van der Waals surface area contributed by atoms with Crippen LogP contribution in [0.3, 0.4) is 0 Å². The van der Waals surface area contributed by atoms with E-state index in [2.05, 4.69) is 5.32 Å². The molecule has 0 spiro atoms. The van der Waals surface area contributed by atoms with Crippen molar-refractivity contribution in [1.82, 2.24) is 5.32 Å². The van der Waals surface area contributed by atoms with Gasteiger partial charge in [0.25, 0.3) is 5.91 Å². The molecule has 0 radical (unpaired) electrons. The number of nitrogens with one attached hydrogen (secondary N) is 1. The molecule has 0 aromatic heterocycles. The van der Waals surface area contributed by atoms with E-state index in [-0.39, 0.29) is 23.5 Å². The average molecular weight is 299 g/mol. The first-order chi connectivity index (χ1) is 9.96. The van der Waals surface area contributed by atoms with Crippen LogP contribution in [0.5, 0.6) is 11.5 Å². The summed E-state index contributed by atoms with van der Waals surface area (Å²) >= 11 is 0. The minimum absolute atomic E-state index is 0.0735. The summed E-state index contributed by atoms with van der Waals surface area (Å²) in [5, 5.41) is 11.3. The summed E-state index contributed by atoms with van der Waals surface area (Å²) < 4.78 is 23.9. The number of ether oxygens (including phenoxy) is 2. The number of carbonyl (C=O) groups excluding carboxylic acids is 1. The van der Waals surface area contributed by atoms with E-state index in [1.807, 2.05) is 0 Å². The highest BCUT2D eigenvalue weighted by molar-refractivity contribution is 6.00. The van der Waals surface area contributed by atoms with Crippen LogP contribution in [0, 0.1) is 5.82 Å². The molecule has 1 aromatic carbocycles. The van der Waals surface area contributed by atoms with Crippen LogP contribution in [0.25, 0.3) is 0 Å². The normalized spacial score (nSPS) is 11.6. The molecule has 1 unspecified atom stereocenters. The fourth-order valence-corrected chi connectivity index (χ4v) is 1.89. The highest BCUT2D eigenvalue weighted by Crippen LogP contribution is 2.32. The summed E-state index contributed by atoms with van der Waals surface area (Å²) in [4.78, 5) is 23.2. The number of carbonyl (C=O) groups is 2. The molecule has 2 N–H and O–H groups in total. The van der Waals surface area contributed by atoms with Gasteiger partial charge in [-0.05, 0) is 18.6 Å². The van der Waals surface area contributed by atoms with E-state index in [1.54, 1.807) is 6.92 Å². The summed E-state index contributed by atoms with van der Waals surface area (Å²) in [6.45, 7) is 1.79. The number of methoxy groups -OCH3 is 2. The molecule has 0 saturated carbocycles. The van der Waals surface area contributed by atoms with Crippen molar-refractivity contribution in [3.63, 3.8) is 0 Å². The average Bonchev–Trinajstić information content (AvgIpc) is 2.45. The fourth-order valence-electron chi connectivity index (χ4n) is 1.89. The van der Waals surface area contributed by atoms with E-state index < -0.39 is 23.7 Å². The summed E-state index contributed by atoms with van der Waals surface area (Å²) in [7, 11) is 2.63. The first-order valence-corrected chi connectivity index (χ1v) is 6.40. The van der Waals surface area contributed by atoms with E-state index in [0.717, 1.165) is 6.07 Å². The van der Waals surface area contributed by atoms with Gasteiger partial charge < -0.3 is 19.9 Å². The summed E-state index contributed by atoms with van der Waals surface area (Å²) in [6, 6.07) is 1.30. The van der Waals surface area contributed by atoms with Crippen molar-refractivity contribution in [2.24, 2.45) is 0 Å². The Morgan fingerprint density at radius 1 is 1.33 bits per heavy atom. The van der Waals surface area contributed by atoms with Gasteiger partial charge in [-0.3, -0.25) is 4.79 Å². The Balaban J connectivity index is 3.14. The van der Waals surface area contributed by atoms with Crippen LogP contribution < -0.4 is 14.8 Å². The fraction of sp³-hybridized carbons (Fsp3) is 0.429. The van der Waals surface area contributed by atoms with E-state index in [9.17, 15) is 14.0 Å². The summed E-state index contributed by atoms with van der Waals surface area (Å²) in [5.74, 6) is -2.73. The maximum atomic E-state index is 13.9. The van der Waals surface area contributed by atoms with Gasteiger partial charge in [-0.15, -0.1) is 0 Å². The number of hydrogen-bond donors (Lipinski definition) is 2. The number of hydrogen-bond acceptors (Lipinski definition) is 4. The number of benzene rings is 1. The van der Waals surface area contributed by atoms with Crippen LogP contribution in [0.4, 0.5) is 4.39 Å². The third-order valence-electron chi connectivity index (χ3n) is 2.90. The largest absolute Gasteiger partial charge is 0.493 e.